The Labute approximate surface area is 129 Å². The molecule has 1 saturated heterocycles. The molecule has 0 aliphatic carbocycles. The van der Waals surface area contributed by atoms with Gasteiger partial charge in [0.25, 0.3) is 0 Å². The topological polar surface area (TPSA) is 92.5 Å². The van der Waals surface area contributed by atoms with E-state index in [4.69, 9.17) is 17.3 Å². The number of sulfonamides is 1. The van der Waals surface area contributed by atoms with Crippen molar-refractivity contribution in [2.24, 2.45) is 0 Å². The quantitative estimate of drug-likeness (QED) is 0.803. The number of carbonyl (C=O) groups excluding carboxylic acids is 1. The molecule has 1 aromatic carbocycles. The highest BCUT2D eigenvalue weighted by molar-refractivity contribution is 7.89. The number of nitrogens with zero attached hydrogens (tertiary/aromatic N) is 1. The lowest BCUT2D eigenvalue weighted by Crippen LogP contribution is -2.27. The average Bonchev–Trinajstić information content (AvgIpc) is 2.72. The molecular formula is C13H18ClN3O3S. The first-order valence-electron chi connectivity index (χ1n) is 6.71. The Morgan fingerprint density at radius 3 is 2.81 bits per heavy atom. The molecule has 1 fully saturated rings. The van der Waals surface area contributed by atoms with Crippen molar-refractivity contribution in [3.8, 4) is 0 Å². The minimum absolute atomic E-state index is 0.194. The Morgan fingerprint density at radius 1 is 1.43 bits per heavy atom. The number of benzene rings is 1. The number of nitrogens with two attached hydrogens (primary N) is 1. The molecule has 1 aliphatic heterocycles. The van der Waals surface area contributed by atoms with Crippen LogP contribution in [0.15, 0.2) is 18.2 Å². The van der Waals surface area contributed by atoms with Crippen molar-refractivity contribution < 1.29 is 13.2 Å². The van der Waals surface area contributed by atoms with E-state index in [1.807, 2.05) is 0 Å². The molecule has 3 N–H and O–H groups in total. The highest BCUT2D eigenvalue weighted by Gasteiger charge is 2.27. The lowest BCUT2D eigenvalue weighted by molar-refractivity contribution is -0.116. The number of hydrogen-bond acceptors (Lipinski definition) is 4. The zero-order valence-corrected chi connectivity index (χ0v) is 13.1. The van der Waals surface area contributed by atoms with Gasteiger partial charge in [-0.3, -0.25) is 4.79 Å². The fraction of sp³-hybridized carbons (Fsp3) is 0.462. The molecule has 1 amide bonds. The van der Waals surface area contributed by atoms with E-state index in [0.717, 1.165) is 0 Å². The first-order chi connectivity index (χ1) is 9.88. The number of halogens is 1. The largest absolute Gasteiger partial charge is 0.397 e. The van der Waals surface area contributed by atoms with Crippen LogP contribution in [0, 0.1) is 0 Å². The van der Waals surface area contributed by atoms with Gasteiger partial charge in [-0.1, -0.05) is 11.6 Å². The van der Waals surface area contributed by atoms with E-state index >= 15 is 0 Å². The fourth-order valence-electron chi connectivity index (χ4n) is 2.22. The second-order valence-electron chi connectivity index (χ2n) is 4.95. The number of amides is 1. The second kappa shape index (κ2) is 6.64. The van der Waals surface area contributed by atoms with Crippen molar-refractivity contribution in [1.82, 2.24) is 4.31 Å². The van der Waals surface area contributed by atoms with E-state index < -0.39 is 10.0 Å². The molecule has 21 heavy (non-hydrogen) atoms. The Morgan fingerprint density at radius 2 is 2.19 bits per heavy atom. The molecule has 1 heterocycles. The van der Waals surface area contributed by atoms with Gasteiger partial charge in [0.2, 0.25) is 15.9 Å². The van der Waals surface area contributed by atoms with Crippen LogP contribution < -0.4 is 11.1 Å². The van der Waals surface area contributed by atoms with Gasteiger partial charge in [0.05, 0.1) is 17.1 Å². The Kier molecular flexibility index (Phi) is 5.08. The molecule has 8 heteroatoms. The van der Waals surface area contributed by atoms with Crippen molar-refractivity contribution in [2.45, 2.75) is 19.3 Å². The molecule has 116 valence electrons. The predicted octanol–water partition coefficient (Wildman–Crippen LogP) is 1.68. The van der Waals surface area contributed by atoms with Gasteiger partial charge in [-0.2, -0.15) is 0 Å². The molecule has 0 atom stereocenters. The van der Waals surface area contributed by atoms with Crippen LogP contribution in [0.3, 0.4) is 0 Å². The van der Waals surface area contributed by atoms with E-state index in [9.17, 15) is 13.2 Å². The summed E-state index contributed by atoms with van der Waals surface area (Å²) in [6, 6.07) is 4.85. The number of nitrogens with one attached hydrogen (secondary N) is 1. The van der Waals surface area contributed by atoms with Crippen LogP contribution in [-0.2, 0) is 14.8 Å². The molecule has 0 radical (unpaired) electrons. The number of nitrogen functional groups attached to an aromatic ring is 1. The summed E-state index contributed by atoms with van der Waals surface area (Å²) in [5, 5.41) is 3.20. The minimum Gasteiger partial charge on any atom is -0.397 e. The maximum atomic E-state index is 11.8. The number of anilines is 2. The van der Waals surface area contributed by atoms with Gasteiger partial charge in [-0.15, -0.1) is 0 Å². The number of carbonyl (C=O) groups is 1. The van der Waals surface area contributed by atoms with Gasteiger partial charge in [-0.05, 0) is 31.0 Å². The van der Waals surface area contributed by atoms with Crippen LogP contribution in [0.1, 0.15) is 19.3 Å². The van der Waals surface area contributed by atoms with Crippen molar-refractivity contribution in [3.05, 3.63) is 23.2 Å². The van der Waals surface area contributed by atoms with E-state index in [2.05, 4.69) is 5.32 Å². The van der Waals surface area contributed by atoms with Gasteiger partial charge in [0.1, 0.15) is 0 Å². The molecule has 0 unspecified atom stereocenters. The molecule has 1 aromatic rings. The predicted molar refractivity (Wildman–Crippen MR) is 83.7 cm³/mol. The van der Waals surface area contributed by atoms with E-state index in [0.29, 0.717) is 42.3 Å². The minimum atomic E-state index is -3.09. The number of rotatable bonds is 5. The van der Waals surface area contributed by atoms with Crippen LogP contribution in [0.2, 0.25) is 5.02 Å². The first-order valence-corrected chi connectivity index (χ1v) is 8.70. The van der Waals surface area contributed by atoms with Crippen molar-refractivity contribution in [1.29, 1.82) is 0 Å². The molecule has 1 aliphatic rings. The van der Waals surface area contributed by atoms with Crippen molar-refractivity contribution in [2.75, 3.05) is 29.9 Å². The summed E-state index contributed by atoms with van der Waals surface area (Å²) in [4.78, 5) is 11.8. The summed E-state index contributed by atoms with van der Waals surface area (Å²) < 4.78 is 24.6. The smallest absolute Gasteiger partial charge is 0.224 e. The van der Waals surface area contributed by atoms with Gasteiger partial charge >= 0.3 is 0 Å². The zero-order valence-electron chi connectivity index (χ0n) is 11.5. The van der Waals surface area contributed by atoms with Crippen LogP contribution in [0.4, 0.5) is 11.4 Å². The molecule has 2 rings (SSSR count). The second-order valence-corrected chi connectivity index (χ2v) is 7.48. The van der Waals surface area contributed by atoms with Gasteiger partial charge in [-0.25, -0.2) is 12.7 Å². The third-order valence-electron chi connectivity index (χ3n) is 3.30. The fourth-order valence-corrected chi connectivity index (χ4v) is 3.97. The van der Waals surface area contributed by atoms with Gasteiger partial charge in [0, 0.05) is 24.5 Å². The van der Waals surface area contributed by atoms with Gasteiger partial charge in [0.15, 0.2) is 0 Å². The Balaban J connectivity index is 1.80. The van der Waals surface area contributed by atoms with Crippen molar-refractivity contribution >= 4 is 38.9 Å². The lowest BCUT2D eigenvalue weighted by atomic mass is 10.2. The SMILES string of the molecule is Nc1cc(Cl)ccc1NC(=O)CCCN1CCCS1(=O)=O. The summed E-state index contributed by atoms with van der Waals surface area (Å²) in [6.07, 6.45) is 1.39. The third kappa shape index (κ3) is 4.33. The third-order valence-corrected chi connectivity index (χ3v) is 5.49. The van der Waals surface area contributed by atoms with E-state index in [1.54, 1.807) is 18.2 Å². The molecule has 0 spiro atoms. The maximum absolute atomic E-state index is 11.8. The summed E-state index contributed by atoms with van der Waals surface area (Å²) in [5.41, 5.74) is 6.66. The molecular weight excluding hydrogens is 314 g/mol. The highest BCUT2D eigenvalue weighted by Crippen LogP contribution is 2.23. The standard InChI is InChI=1S/C13H18ClN3O3S/c14-10-4-5-12(11(15)9-10)16-13(18)3-1-6-17-7-2-8-21(17,19)20/h4-5,9H,1-3,6-8,15H2,(H,16,18). The summed E-state index contributed by atoms with van der Waals surface area (Å²) >= 11 is 5.78. The van der Waals surface area contributed by atoms with E-state index in [1.165, 1.54) is 4.31 Å². The monoisotopic (exact) mass is 331 g/mol. The van der Waals surface area contributed by atoms with Gasteiger partial charge < -0.3 is 11.1 Å². The zero-order chi connectivity index (χ0) is 15.5. The summed E-state index contributed by atoms with van der Waals surface area (Å²) in [6.45, 7) is 0.930. The average molecular weight is 332 g/mol. The van der Waals surface area contributed by atoms with Crippen LogP contribution in [-0.4, -0.2) is 37.5 Å². The van der Waals surface area contributed by atoms with Crippen LogP contribution >= 0.6 is 11.6 Å². The Bertz CT molecular complexity index is 634. The normalized spacial score (nSPS) is 17.8. The summed E-state index contributed by atoms with van der Waals surface area (Å²) in [5.74, 6) is 0.0150. The highest BCUT2D eigenvalue weighted by atomic mass is 35.5. The first kappa shape index (κ1) is 16.1. The maximum Gasteiger partial charge on any atom is 0.224 e. The number of hydrogen-bond donors (Lipinski definition) is 2. The lowest BCUT2D eigenvalue weighted by Gasteiger charge is -2.14. The van der Waals surface area contributed by atoms with Crippen LogP contribution in [0.25, 0.3) is 0 Å². The molecule has 0 saturated carbocycles. The van der Waals surface area contributed by atoms with Crippen LogP contribution in [0.5, 0.6) is 0 Å². The molecule has 6 nitrogen and oxygen atoms in total. The molecule has 0 aromatic heterocycles. The Hall–Kier alpha value is -1.31. The van der Waals surface area contributed by atoms with Crippen molar-refractivity contribution in [3.63, 3.8) is 0 Å². The summed E-state index contributed by atoms with van der Waals surface area (Å²) in [7, 11) is -3.09. The molecule has 0 bridgehead atoms. The van der Waals surface area contributed by atoms with E-state index in [-0.39, 0.29) is 18.1 Å².